The van der Waals surface area contributed by atoms with E-state index in [9.17, 15) is 0 Å². The first-order chi connectivity index (χ1) is 7.71. The van der Waals surface area contributed by atoms with E-state index in [1.54, 1.807) is 0 Å². The zero-order valence-electron chi connectivity index (χ0n) is 11.5. The molecule has 0 unspecified atom stereocenters. The molecule has 0 N–H and O–H groups in total. The lowest BCUT2D eigenvalue weighted by molar-refractivity contribution is 0.585. The summed E-state index contributed by atoms with van der Waals surface area (Å²) in [5.74, 6) is 0. The van der Waals surface area contributed by atoms with Crippen LogP contribution in [0.1, 0.15) is 52.7 Å². The molecule has 0 saturated heterocycles. The van der Waals surface area contributed by atoms with Crippen molar-refractivity contribution in [2.24, 2.45) is 0 Å². The van der Waals surface area contributed by atoms with Crippen LogP contribution in [0, 0.1) is 0 Å². The van der Waals surface area contributed by atoms with Crippen LogP contribution in [-0.2, 0) is 10.8 Å². The maximum absolute atomic E-state index is 4.33. The van der Waals surface area contributed by atoms with Gasteiger partial charge in [-0.25, -0.2) is 0 Å². The molecule has 1 heterocycles. The second kappa shape index (κ2) is 3.77. The van der Waals surface area contributed by atoms with Gasteiger partial charge in [0.2, 0.25) is 0 Å². The third-order valence-electron chi connectivity index (χ3n) is 3.02. The van der Waals surface area contributed by atoms with Gasteiger partial charge in [-0.2, -0.15) is 0 Å². The Kier molecular flexibility index (Phi) is 2.77. The van der Waals surface area contributed by atoms with Crippen LogP contribution in [0.4, 0.5) is 0 Å². The topological polar surface area (TPSA) is 25.8 Å². The number of hydrogen-bond donors (Lipinski definition) is 0. The molecular formula is C14H20N2S. The highest BCUT2D eigenvalue weighted by molar-refractivity contribution is 7.13. The molecular weight excluding hydrogens is 228 g/mol. The molecule has 0 aliphatic heterocycles. The minimum Gasteiger partial charge on any atom is -0.138 e. The van der Waals surface area contributed by atoms with Crippen molar-refractivity contribution in [3.63, 3.8) is 0 Å². The quantitative estimate of drug-likeness (QED) is 0.695. The minimum absolute atomic E-state index is 0.115. The van der Waals surface area contributed by atoms with E-state index >= 15 is 0 Å². The molecule has 0 atom stereocenters. The van der Waals surface area contributed by atoms with Gasteiger partial charge in [-0.15, -0.1) is 5.10 Å². The molecule has 0 bridgehead atoms. The Balaban J connectivity index is 2.76. The van der Waals surface area contributed by atoms with Gasteiger partial charge < -0.3 is 0 Å². The predicted octanol–water partition coefficient (Wildman–Crippen LogP) is 4.29. The average Bonchev–Trinajstić information content (AvgIpc) is 2.60. The molecule has 0 aliphatic carbocycles. The minimum atomic E-state index is 0.115. The van der Waals surface area contributed by atoms with Gasteiger partial charge in [0, 0.05) is 0 Å². The molecule has 2 nitrogen and oxygen atoms in total. The van der Waals surface area contributed by atoms with Gasteiger partial charge in [0.25, 0.3) is 0 Å². The molecule has 2 aromatic rings. The van der Waals surface area contributed by atoms with Crippen LogP contribution in [0.3, 0.4) is 0 Å². The van der Waals surface area contributed by atoms with E-state index in [2.05, 4.69) is 63.3 Å². The van der Waals surface area contributed by atoms with Crippen molar-refractivity contribution in [1.29, 1.82) is 0 Å². The van der Waals surface area contributed by atoms with Crippen molar-refractivity contribution < 1.29 is 0 Å². The summed E-state index contributed by atoms with van der Waals surface area (Å²) in [7, 11) is 0. The predicted molar refractivity (Wildman–Crippen MR) is 74.8 cm³/mol. The summed E-state index contributed by atoms with van der Waals surface area (Å²) in [6, 6.07) is 4.45. The van der Waals surface area contributed by atoms with Crippen molar-refractivity contribution in [3.05, 3.63) is 23.3 Å². The fraction of sp³-hybridized carbons (Fsp3) is 0.571. The second-order valence-corrected chi connectivity index (χ2v) is 7.37. The SMILES string of the molecule is CC(C)(C)c1ccc(C(C)(C)C)c2snnc12. The average molecular weight is 248 g/mol. The van der Waals surface area contributed by atoms with Crippen LogP contribution < -0.4 is 0 Å². The summed E-state index contributed by atoms with van der Waals surface area (Å²) < 4.78 is 5.38. The Labute approximate surface area is 107 Å². The lowest BCUT2D eigenvalue weighted by Crippen LogP contribution is -2.15. The van der Waals surface area contributed by atoms with E-state index < -0.39 is 0 Å². The van der Waals surface area contributed by atoms with Crippen molar-refractivity contribution in [3.8, 4) is 0 Å². The zero-order valence-corrected chi connectivity index (χ0v) is 12.3. The van der Waals surface area contributed by atoms with Crippen LogP contribution in [-0.4, -0.2) is 9.59 Å². The van der Waals surface area contributed by atoms with E-state index in [1.165, 1.54) is 27.4 Å². The molecule has 0 radical (unpaired) electrons. The fourth-order valence-electron chi connectivity index (χ4n) is 2.06. The molecule has 3 heteroatoms. The number of rotatable bonds is 0. The third kappa shape index (κ3) is 2.21. The number of fused-ring (bicyclic) bond motifs is 1. The van der Waals surface area contributed by atoms with Crippen LogP contribution in [0.2, 0.25) is 0 Å². The molecule has 17 heavy (non-hydrogen) atoms. The number of aromatic nitrogens is 2. The van der Waals surface area contributed by atoms with E-state index in [1.807, 2.05) is 0 Å². The van der Waals surface area contributed by atoms with E-state index in [4.69, 9.17) is 0 Å². The number of nitrogens with zero attached hydrogens (tertiary/aromatic N) is 2. The Morgan fingerprint density at radius 2 is 1.41 bits per heavy atom. The van der Waals surface area contributed by atoms with Gasteiger partial charge in [-0.1, -0.05) is 58.2 Å². The van der Waals surface area contributed by atoms with Gasteiger partial charge in [-0.05, 0) is 33.5 Å². The van der Waals surface area contributed by atoms with Crippen molar-refractivity contribution in [1.82, 2.24) is 9.59 Å². The Hall–Kier alpha value is -0.960. The molecule has 0 saturated carbocycles. The number of benzene rings is 1. The van der Waals surface area contributed by atoms with Crippen molar-refractivity contribution in [2.45, 2.75) is 52.4 Å². The monoisotopic (exact) mass is 248 g/mol. The molecule has 0 spiro atoms. The largest absolute Gasteiger partial charge is 0.138 e. The normalized spacial score (nSPS) is 13.3. The lowest BCUT2D eigenvalue weighted by Gasteiger charge is -2.24. The molecule has 0 amide bonds. The van der Waals surface area contributed by atoms with Gasteiger partial charge in [0.15, 0.2) is 0 Å². The molecule has 1 aromatic heterocycles. The first kappa shape index (κ1) is 12.5. The standard InChI is InChI=1S/C14H20N2S/c1-13(2,3)9-7-8-10(14(4,5)6)12-11(9)15-16-17-12/h7-8H,1-6H3. The summed E-state index contributed by atoms with van der Waals surface area (Å²) in [5, 5.41) is 4.33. The molecule has 1 aromatic carbocycles. The van der Waals surface area contributed by atoms with Gasteiger partial charge in [0.05, 0.1) is 4.70 Å². The Morgan fingerprint density at radius 1 is 0.882 bits per heavy atom. The van der Waals surface area contributed by atoms with Gasteiger partial charge in [0.1, 0.15) is 5.52 Å². The van der Waals surface area contributed by atoms with Gasteiger partial charge >= 0.3 is 0 Å². The molecule has 0 aliphatic rings. The third-order valence-corrected chi connectivity index (χ3v) is 3.78. The van der Waals surface area contributed by atoms with Crippen LogP contribution in [0.25, 0.3) is 10.2 Å². The summed E-state index contributed by atoms with van der Waals surface area (Å²) in [6.45, 7) is 13.4. The van der Waals surface area contributed by atoms with Crippen LogP contribution >= 0.6 is 11.5 Å². The summed E-state index contributed by atoms with van der Waals surface area (Å²) in [6.07, 6.45) is 0. The summed E-state index contributed by atoms with van der Waals surface area (Å²) in [4.78, 5) is 0. The second-order valence-electron chi connectivity index (χ2n) is 6.61. The molecule has 2 rings (SSSR count). The van der Waals surface area contributed by atoms with Crippen molar-refractivity contribution >= 4 is 21.7 Å². The van der Waals surface area contributed by atoms with Crippen molar-refractivity contribution in [2.75, 3.05) is 0 Å². The van der Waals surface area contributed by atoms with E-state index in [0.29, 0.717) is 0 Å². The summed E-state index contributed by atoms with van der Waals surface area (Å²) >= 11 is 1.51. The molecule has 0 fully saturated rings. The lowest BCUT2D eigenvalue weighted by atomic mass is 9.81. The number of hydrogen-bond acceptors (Lipinski definition) is 3. The maximum atomic E-state index is 4.33. The van der Waals surface area contributed by atoms with Gasteiger partial charge in [-0.3, -0.25) is 0 Å². The Bertz CT molecular complexity index is 493. The smallest absolute Gasteiger partial charge is 0.109 e. The highest BCUT2D eigenvalue weighted by Gasteiger charge is 2.24. The maximum Gasteiger partial charge on any atom is 0.109 e. The zero-order chi connectivity index (χ0) is 12.8. The van der Waals surface area contributed by atoms with E-state index in [0.717, 1.165) is 5.52 Å². The molecule has 92 valence electrons. The Morgan fingerprint density at radius 3 is 1.94 bits per heavy atom. The highest BCUT2D eigenvalue weighted by atomic mass is 32.1. The first-order valence-corrected chi connectivity index (χ1v) is 6.74. The summed E-state index contributed by atoms with van der Waals surface area (Å²) in [5.41, 5.74) is 3.97. The van der Waals surface area contributed by atoms with E-state index in [-0.39, 0.29) is 10.8 Å². The first-order valence-electron chi connectivity index (χ1n) is 5.97. The van der Waals surface area contributed by atoms with Crippen LogP contribution in [0.5, 0.6) is 0 Å². The van der Waals surface area contributed by atoms with Crippen LogP contribution in [0.15, 0.2) is 12.1 Å². The highest BCUT2D eigenvalue weighted by Crippen LogP contribution is 2.36. The fourth-order valence-corrected chi connectivity index (χ4v) is 2.97.